The Morgan fingerprint density at radius 3 is 1.56 bits per heavy atom. The number of rotatable bonds is 4. The van der Waals surface area contributed by atoms with Gasteiger partial charge in [0, 0.05) is 61.8 Å². The van der Waals surface area contributed by atoms with Crippen LogP contribution >= 0.6 is 0 Å². The lowest BCUT2D eigenvalue weighted by Crippen LogP contribution is -1.93. The fraction of sp³-hybridized carbons (Fsp3) is 0.0204. The SMILES string of the molecule is Cn1c2ccccc2c2ccc(-c3ccc4c5c(-c6ccc7c(c6)c6ccccc6n7-c6ccccc6)cccc5n(-c5ccccc5)c4c3)cc21. The Morgan fingerprint density at radius 1 is 0.308 bits per heavy atom. The van der Waals surface area contributed by atoms with Gasteiger partial charge in [-0.1, -0.05) is 115 Å². The summed E-state index contributed by atoms with van der Waals surface area (Å²) >= 11 is 0. The summed E-state index contributed by atoms with van der Waals surface area (Å²) < 4.78 is 7.13. The first-order valence-corrected chi connectivity index (χ1v) is 17.9. The highest BCUT2D eigenvalue weighted by molar-refractivity contribution is 6.18. The van der Waals surface area contributed by atoms with Crippen LogP contribution < -0.4 is 0 Å². The van der Waals surface area contributed by atoms with Crippen LogP contribution in [-0.4, -0.2) is 13.7 Å². The summed E-state index contributed by atoms with van der Waals surface area (Å²) in [5.41, 5.74) is 14.5. The topological polar surface area (TPSA) is 14.8 Å². The van der Waals surface area contributed by atoms with Crippen LogP contribution in [0.3, 0.4) is 0 Å². The highest BCUT2D eigenvalue weighted by atomic mass is 15.0. The number of aryl methyl sites for hydroxylation is 1. The zero-order valence-electron chi connectivity index (χ0n) is 28.7. The second-order valence-electron chi connectivity index (χ2n) is 13.8. The third kappa shape index (κ3) is 4.14. The second kappa shape index (κ2) is 11.1. The van der Waals surface area contributed by atoms with Gasteiger partial charge >= 0.3 is 0 Å². The summed E-state index contributed by atoms with van der Waals surface area (Å²) in [5.74, 6) is 0. The van der Waals surface area contributed by atoms with Gasteiger partial charge < -0.3 is 13.7 Å². The molecule has 0 aliphatic rings. The first-order valence-electron chi connectivity index (χ1n) is 17.9. The number of nitrogens with zero attached hydrogens (tertiary/aromatic N) is 3. The lowest BCUT2D eigenvalue weighted by molar-refractivity contribution is 1.01. The van der Waals surface area contributed by atoms with Crippen LogP contribution in [0.4, 0.5) is 0 Å². The van der Waals surface area contributed by atoms with E-state index < -0.39 is 0 Å². The predicted molar refractivity (Wildman–Crippen MR) is 220 cm³/mol. The summed E-state index contributed by atoms with van der Waals surface area (Å²) in [6.07, 6.45) is 0. The van der Waals surface area contributed by atoms with E-state index in [-0.39, 0.29) is 0 Å². The van der Waals surface area contributed by atoms with Crippen LogP contribution in [-0.2, 0) is 7.05 Å². The lowest BCUT2D eigenvalue weighted by atomic mass is 9.96. The van der Waals surface area contributed by atoms with Crippen LogP contribution in [0.5, 0.6) is 0 Å². The molecule has 244 valence electrons. The van der Waals surface area contributed by atoms with E-state index in [9.17, 15) is 0 Å². The van der Waals surface area contributed by atoms with Crippen molar-refractivity contribution >= 4 is 65.4 Å². The molecule has 3 heteroatoms. The second-order valence-corrected chi connectivity index (χ2v) is 13.8. The first kappa shape index (κ1) is 28.9. The summed E-state index contributed by atoms with van der Waals surface area (Å²) in [5, 5.41) is 7.61. The van der Waals surface area contributed by atoms with Crippen molar-refractivity contribution in [2.75, 3.05) is 0 Å². The molecule has 0 unspecified atom stereocenters. The van der Waals surface area contributed by atoms with E-state index >= 15 is 0 Å². The molecule has 3 nitrogen and oxygen atoms in total. The lowest BCUT2D eigenvalue weighted by Gasteiger charge is -2.10. The van der Waals surface area contributed by atoms with Crippen LogP contribution in [0.1, 0.15) is 0 Å². The summed E-state index contributed by atoms with van der Waals surface area (Å²) in [6, 6.07) is 66.6. The van der Waals surface area contributed by atoms with E-state index in [2.05, 4.69) is 203 Å². The molecule has 0 saturated carbocycles. The molecule has 0 amide bonds. The third-order valence-corrected chi connectivity index (χ3v) is 11.1. The van der Waals surface area contributed by atoms with Crippen LogP contribution in [0.15, 0.2) is 182 Å². The number of fused-ring (bicyclic) bond motifs is 9. The van der Waals surface area contributed by atoms with Gasteiger partial charge in [-0.2, -0.15) is 0 Å². The van der Waals surface area contributed by atoms with Crippen molar-refractivity contribution < 1.29 is 0 Å². The molecule has 3 aromatic heterocycles. The Morgan fingerprint density at radius 2 is 0.827 bits per heavy atom. The molecule has 0 spiro atoms. The normalized spacial score (nSPS) is 11.9. The van der Waals surface area contributed by atoms with Crippen molar-refractivity contribution in [3.05, 3.63) is 182 Å². The third-order valence-electron chi connectivity index (χ3n) is 11.1. The van der Waals surface area contributed by atoms with Gasteiger partial charge in [-0.05, 0) is 89.0 Å². The maximum Gasteiger partial charge on any atom is 0.0547 e. The van der Waals surface area contributed by atoms with Crippen LogP contribution in [0.25, 0.3) is 99.0 Å². The molecule has 0 atom stereocenters. The molecule has 0 aliphatic heterocycles. The zero-order chi connectivity index (χ0) is 34.3. The monoisotopic (exact) mass is 663 g/mol. The van der Waals surface area contributed by atoms with E-state index in [4.69, 9.17) is 0 Å². The van der Waals surface area contributed by atoms with Crippen LogP contribution in [0, 0.1) is 0 Å². The largest absolute Gasteiger partial charge is 0.344 e. The Bertz CT molecular complexity index is 3180. The van der Waals surface area contributed by atoms with Crippen molar-refractivity contribution in [2.24, 2.45) is 7.05 Å². The fourth-order valence-electron chi connectivity index (χ4n) is 8.68. The van der Waals surface area contributed by atoms with E-state index in [0.29, 0.717) is 0 Å². The minimum atomic E-state index is 1.15. The van der Waals surface area contributed by atoms with Gasteiger partial charge in [-0.15, -0.1) is 0 Å². The molecule has 0 N–H and O–H groups in total. The molecule has 11 aromatic rings. The van der Waals surface area contributed by atoms with Gasteiger partial charge in [0.05, 0.1) is 22.1 Å². The Hall–Kier alpha value is -6.84. The van der Waals surface area contributed by atoms with Gasteiger partial charge in [0.2, 0.25) is 0 Å². The number of para-hydroxylation sites is 4. The molecule has 0 saturated heterocycles. The average Bonchev–Trinajstić information content (AvgIpc) is 3.83. The summed E-state index contributed by atoms with van der Waals surface area (Å²) in [7, 11) is 2.17. The van der Waals surface area contributed by atoms with E-state index in [1.54, 1.807) is 0 Å². The quantitative estimate of drug-likeness (QED) is 0.178. The molecule has 3 heterocycles. The van der Waals surface area contributed by atoms with E-state index in [1.165, 1.54) is 93.4 Å². The minimum absolute atomic E-state index is 1.15. The van der Waals surface area contributed by atoms with Gasteiger partial charge in [0.1, 0.15) is 0 Å². The van der Waals surface area contributed by atoms with Crippen LogP contribution in [0.2, 0.25) is 0 Å². The van der Waals surface area contributed by atoms with Gasteiger partial charge in [0.15, 0.2) is 0 Å². The molecule has 11 rings (SSSR count). The zero-order valence-corrected chi connectivity index (χ0v) is 28.7. The maximum atomic E-state index is 2.44. The predicted octanol–water partition coefficient (Wildman–Crippen LogP) is 12.9. The number of hydrogen-bond donors (Lipinski definition) is 0. The van der Waals surface area contributed by atoms with Gasteiger partial charge in [-0.3, -0.25) is 0 Å². The minimum Gasteiger partial charge on any atom is -0.344 e. The average molecular weight is 664 g/mol. The van der Waals surface area contributed by atoms with Crippen molar-refractivity contribution in [2.45, 2.75) is 0 Å². The Balaban J connectivity index is 1.15. The highest BCUT2D eigenvalue weighted by Crippen LogP contribution is 2.42. The molecule has 52 heavy (non-hydrogen) atoms. The number of hydrogen-bond acceptors (Lipinski definition) is 0. The molecule has 0 bridgehead atoms. The molecular formula is C49H33N3. The highest BCUT2D eigenvalue weighted by Gasteiger charge is 2.19. The Kier molecular flexibility index (Phi) is 6.17. The molecule has 0 fully saturated rings. The van der Waals surface area contributed by atoms with Crippen molar-refractivity contribution in [1.82, 2.24) is 13.7 Å². The van der Waals surface area contributed by atoms with Crippen molar-refractivity contribution in [3.8, 4) is 33.6 Å². The smallest absolute Gasteiger partial charge is 0.0547 e. The van der Waals surface area contributed by atoms with Crippen molar-refractivity contribution in [1.29, 1.82) is 0 Å². The number of benzene rings is 8. The Labute approximate surface area is 300 Å². The van der Waals surface area contributed by atoms with Gasteiger partial charge in [-0.25, -0.2) is 0 Å². The summed E-state index contributed by atoms with van der Waals surface area (Å²) in [6.45, 7) is 0. The molecular weight excluding hydrogens is 631 g/mol. The maximum absolute atomic E-state index is 2.44. The van der Waals surface area contributed by atoms with E-state index in [0.717, 1.165) is 5.69 Å². The van der Waals surface area contributed by atoms with Gasteiger partial charge in [0.25, 0.3) is 0 Å². The number of aromatic nitrogens is 3. The standard InChI is InChI=1S/C49H33N3/c1-50-43-20-10-8-17-38(43)40-26-23-32(30-47(40)50)33-24-27-41-48(31-33)52(36-15-6-3-7-16-36)46-22-12-19-37(49(41)46)34-25-28-45-42(29-34)39-18-9-11-21-44(39)51(45)35-13-4-2-5-14-35/h2-31H,1H3. The molecule has 0 radical (unpaired) electrons. The fourth-order valence-corrected chi connectivity index (χ4v) is 8.68. The summed E-state index contributed by atoms with van der Waals surface area (Å²) in [4.78, 5) is 0. The first-order chi connectivity index (χ1) is 25.7. The van der Waals surface area contributed by atoms with Crippen molar-refractivity contribution in [3.63, 3.8) is 0 Å². The van der Waals surface area contributed by atoms with E-state index in [1.807, 2.05) is 0 Å². The molecule has 0 aliphatic carbocycles. The molecule has 8 aromatic carbocycles.